The fourth-order valence-electron chi connectivity index (χ4n) is 1.53. The Bertz CT molecular complexity index is 612. The highest BCUT2D eigenvalue weighted by atomic mass is 79.9. The van der Waals surface area contributed by atoms with Gasteiger partial charge in [-0.15, -0.1) is 0 Å². The van der Waals surface area contributed by atoms with Crippen LogP contribution in [0.2, 0.25) is 5.02 Å². The third-order valence-electron chi connectivity index (χ3n) is 2.51. The lowest BCUT2D eigenvalue weighted by Crippen LogP contribution is -2.06. The Labute approximate surface area is 122 Å². The van der Waals surface area contributed by atoms with Gasteiger partial charge in [0, 0.05) is 16.1 Å². The monoisotopic (exact) mass is 346 g/mol. The fraction of sp³-hybridized carbons (Fsp3) is 0.167. The van der Waals surface area contributed by atoms with E-state index in [9.17, 15) is 9.50 Å². The van der Waals surface area contributed by atoms with E-state index in [1.54, 1.807) is 6.07 Å². The van der Waals surface area contributed by atoms with Gasteiger partial charge in [0.05, 0.1) is 17.8 Å². The van der Waals surface area contributed by atoms with Gasteiger partial charge in [-0.05, 0) is 22.0 Å². The van der Waals surface area contributed by atoms with Gasteiger partial charge >= 0.3 is 0 Å². The van der Waals surface area contributed by atoms with Gasteiger partial charge in [0.2, 0.25) is 5.88 Å². The highest BCUT2D eigenvalue weighted by molar-refractivity contribution is 9.10. The molecule has 0 spiro atoms. The maximum atomic E-state index is 14.0. The SMILES string of the molecule is COc1cc(C(O)c2ccc(Br)c(Cl)c2F)ncn1. The molecule has 100 valence electrons. The second kappa shape index (κ2) is 5.81. The standard InChI is InChI=1S/C12H9BrClFN2O2/c1-19-9-4-8(16-5-17-9)12(18)6-2-3-7(13)10(14)11(6)15/h2-5,12,18H,1H3. The molecule has 0 amide bonds. The summed E-state index contributed by atoms with van der Waals surface area (Å²) in [4.78, 5) is 7.71. The van der Waals surface area contributed by atoms with Crippen LogP contribution >= 0.6 is 27.5 Å². The smallest absolute Gasteiger partial charge is 0.216 e. The van der Waals surface area contributed by atoms with Crippen LogP contribution in [0.25, 0.3) is 0 Å². The molecule has 19 heavy (non-hydrogen) atoms. The van der Waals surface area contributed by atoms with E-state index in [1.165, 1.54) is 25.6 Å². The Morgan fingerprint density at radius 3 is 2.84 bits per heavy atom. The van der Waals surface area contributed by atoms with Crippen molar-refractivity contribution in [3.63, 3.8) is 0 Å². The maximum Gasteiger partial charge on any atom is 0.216 e. The molecule has 0 aliphatic rings. The maximum absolute atomic E-state index is 14.0. The molecule has 0 aliphatic carbocycles. The first-order chi connectivity index (χ1) is 9.04. The van der Waals surface area contributed by atoms with Crippen molar-refractivity contribution in [2.45, 2.75) is 6.10 Å². The quantitative estimate of drug-likeness (QED) is 0.867. The molecule has 0 saturated heterocycles. The third kappa shape index (κ3) is 2.86. The molecule has 4 nitrogen and oxygen atoms in total. The van der Waals surface area contributed by atoms with E-state index >= 15 is 0 Å². The van der Waals surface area contributed by atoms with Gasteiger partial charge in [0.1, 0.15) is 18.2 Å². The minimum atomic E-state index is -1.25. The average Bonchev–Trinajstić information content (AvgIpc) is 2.44. The molecule has 1 aromatic heterocycles. The van der Waals surface area contributed by atoms with E-state index in [0.717, 1.165) is 0 Å². The molecule has 0 radical (unpaired) electrons. The molecule has 0 aliphatic heterocycles. The minimum Gasteiger partial charge on any atom is -0.481 e. The number of halogens is 3. The predicted molar refractivity (Wildman–Crippen MR) is 71.8 cm³/mol. The number of hydrogen-bond donors (Lipinski definition) is 1. The van der Waals surface area contributed by atoms with Crippen LogP contribution in [0.3, 0.4) is 0 Å². The first kappa shape index (κ1) is 14.2. The van der Waals surface area contributed by atoms with Crippen LogP contribution in [0.15, 0.2) is 29.0 Å². The van der Waals surface area contributed by atoms with Crippen LogP contribution in [-0.2, 0) is 0 Å². The van der Waals surface area contributed by atoms with Crippen molar-refractivity contribution >= 4 is 27.5 Å². The summed E-state index contributed by atoms with van der Waals surface area (Å²) in [6.45, 7) is 0. The van der Waals surface area contributed by atoms with Crippen molar-refractivity contribution < 1.29 is 14.2 Å². The molecule has 2 aromatic rings. The Hall–Kier alpha value is -1.24. The molecule has 1 N–H and O–H groups in total. The van der Waals surface area contributed by atoms with E-state index in [1.807, 2.05) is 0 Å². The topological polar surface area (TPSA) is 55.2 Å². The summed E-state index contributed by atoms with van der Waals surface area (Å²) in [6.07, 6.45) is -0.0158. The molecular weight excluding hydrogens is 338 g/mol. The van der Waals surface area contributed by atoms with Gasteiger partial charge in [-0.3, -0.25) is 0 Å². The second-order valence-electron chi connectivity index (χ2n) is 3.65. The predicted octanol–water partition coefficient (Wildman–Crippen LogP) is 3.12. The zero-order chi connectivity index (χ0) is 14.0. The number of rotatable bonds is 3. The Morgan fingerprint density at radius 1 is 1.42 bits per heavy atom. The Kier molecular flexibility index (Phi) is 4.34. The Morgan fingerprint density at radius 2 is 2.16 bits per heavy atom. The second-order valence-corrected chi connectivity index (χ2v) is 4.88. The molecule has 0 saturated carbocycles. The van der Waals surface area contributed by atoms with E-state index < -0.39 is 11.9 Å². The van der Waals surface area contributed by atoms with Crippen LogP contribution < -0.4 is 4.74 Å². The molecule has 0 fully saturated rings. The van der Waals surface area contributed by atoms with Crippen molar-refractivity contribution in [1.29, 1.82) is 0 Å². The molecule has 7 heteroatoms. The van der Waals surface area contributed by atoms with Gasteiger partial charge < -0.3 is 9.84 Å². The van der Waals surface area contributed by atoms with Crippen LogP contribution in [-0.4, -0.2) is 22.2 Å². The summed E-state index contributed by atoms with van der Waals surface area (Å²) in [5.74, 6) is -0.409. The lowest BCUT2D eigenvalue weighted by atomic mass is 10.1. The fourth-order valence-corrected chi connectivity index (χ4v) is 2.00. The van der Waals surface area contributed by atoms with Gasteiger partial charge in [0.15, 0.2) is 0 Å². The van der Waals surface area contributed by atoms with Crippen LogP contribution in [0.1, 0.15) is 17.4 Å². The molecule has 0 bridgehead atoms. The lowest BCUT2D eigenvalue weighted by molar-refractivity contribution is 0.209. The summed E-state index contributed by atoms with van der Waals surface area (Å²) in [5.41, 5.74) is 0.262. The van der Waals surface area contributed by atoms with Crippen molar-refractivity contribution in [3.8, 4) is 5.88 Å². The molecule has 2 rings (SSSR count). The van der Waals surface area contributed by atoms with Crippen molar-refractivity contribution in [1.82, 2.24) is 9.97 Å². The summed E-state index contributed by atoms with van der Waals surface area (Å²) in [5, 5.41) is 10.1. The molecule has 1 aromatic carbocycles. The number of aromatic nitrogens is 2. The average molecular weight is 348 g/mol. The van der Waals surface area contributed by atoms with Crippen molar-refractivity contribution in [3.05, 3.63) is 51.1 Å². The number of methoxy groups -OCH3 is 1. The number of aliphatic hydroxyl groups is 1. The van der Waals surface area contributed by atoms with Gasteiger partial charge in [-0.25, -0.2) is 14.4 Å². The molecular formula is C12H9BrClFN2O2. The van der Waals surface area contributed by atoms with Crippen molar-refractivity contribution in [2.75, 3.05) is 7.11 Å². The number of benzene rings is 1. The van der Waals surface area contributed by atoms with Crippen LogP contribution in [0, 0.1) is 5.82 Å². The van der Waals surface area contributed by atoms with E-state index in [4.69, 9.17) is 16.3 Å². The number of ether oxygens (including phenoxy) is 1. The number of aliphatic hydroxyl groups excluding tert-OH is 1. The number of nitrogens with zero attached hydrogens (tertiary/aromatic N) is 2. The minimum absolute atomic E-state index is 0.0361. The van der Waals surface area contributed by atoms with Crippen molar-refractivity contribution in [2.24, 2.45) is 0 Å². The lowest BCUT2D eigenvalue weighted by Gasteiger charge is -2.13. The first-order valence-corrected chi connectivity index (χ1v) is 6.39. The summed E-state index contributed by atoms with van der Waals surface area (Å²) >= 11 is 8.89. The van der Waals surface area contributed by atoms with Gasteiger partial charge in [0.25, 0.3) is 0 Å². The Balaban J connectivity index is 2.44. The number of hydrogen-bond acceptors (Lipinski definition) is 4. The summed E-state index contributed by atoms with van der Waals surface area (Å²) in [6, 6.07) is 4.42. The first-order valence-electron chi connectivity index (χ1n) is 5.22. The molecule has 1 unspecified atom stereocenters. The van der Waals surface area contributed by atoms with Crippen LogP contribution in [0.5, 0.6) is 5.88 Å². The van der Waals surface area contributed by atoms with E-state index in [2.05, 4.69) is 25.9 Å². The normalized spacial score (nSPS) is 12.3. The highest BCUT2D eigenvalue weighted by Crippen LogP contribution is 2.32. The van der Waals surface area contributed by atoms with E-state index in [-0.39, 0.29) is 22.2 Å². The molecule has 1 heterocycles. The third-order valence-corrected chi connectivity index (χ3v) is 3.77. The largest absolute Gasteiger partial charge is 0.481 e. The highest BCUT2D eigenvalue weighted by Gasteiger charge is 2.20. The zero-order valence-electron chi connectivity index (χ0n) is 9.77. The van der Waals surface area contributed by atoms with Gasteiger partial charge in [-0.1, -0.05) is 17.7 Å². The summed E-state index contributed by atoms with van der Waals surface area (Å²) in [7, 11) is 1.44. The van der Waals surface area contributed by atoms with Crippen LogP contribution in [0.4, 0.5) is 4.39 Å². The van der Waals surface area contributed by atoms with Gasteiger partial charge in [-0.2, -0.15) is 0 Å². The molecule has 1 atom stereocenters. The van der Waals surface area contributed by atoms with E-state index in [0.29, 0.717) is 4.47 Å². The zero-order valence-corrected chi connectivity index (χ0v) is 12.1. The summed E-state index contributed by atoms with van der Waals surface area (Å²) < 4.78 is 19.3.